The Balaban J connectivity index is 1.23. The van der Waals surface area contributed by atoms with Crippen molar-refractivity contribution in [2.24, 2.45) is 0 Å². The van der Waals surface area contributed by atoms with Crippen molar-refractivity contribution in [1.82, 2.24) is 9.80 Å². The van der Waals surface area contributed by atoms with Crippen LogP contribution < -0.4 is 10.6 Å². The molecule has 6 nitrogen and oxygen atoms in total. The molecule has 170 valence electrons. The van der Waals surface area contributed by atoms with E-state index in [4.69, 9.17) is 23.2 Å². The van der Waals surface area contributed by atoms with E-state index in [1.165, 1.54) is 0 Å². The van der Waals surface area contributed by atoms with Gasteiger partial charge in [-0.25, -0.2) is 0 Å². The van der Waals surface area contributed by atoms with Gasteiger partial charge in [-0.3, -0.25) is 9.59 Å². The minimum Gasteiger partial charge on any atom is -0.381 e. The number of nitrogens with one attached hydrogen (secondary N) is 2. The van der Waals surface area contributed by atoms with Gasteiger partial charge in [0.05, 0.1) is 21.4 Å². The Kier molecular flexibility index (Phi) is 7.43. The molecule has 0 spiro atoms. The van der Waals surface area contributed by atoms with E-state index < -0.39 is 11.8 Å². The maximum absolute atomic E-state index is 12.8. The topological polar surface area (TPSA) is 64.7 Å². The maximum atomic E-state index is 12.8. The molecular formula is C24H28Cl2N4O2. The van der Waals surface area contributed by atoms with Crippen LogP contribution in [0.3, 0.4) is 0 Å². The molecule has 2 N–H and O–H groups in total. The fourth-order valence-corrected chi connectivity index (χ4v) is 4.70. The zero-order chi connectivity index (χ0) is 22.5. The highest BCUT2D eigenvalue weighted by Crippen LogP contribution is 2.25. The Hall–Kier alpha value is -2.44. The number of carbonyl (C=O) groups is 2. The van der Waals surface area contributed by atoms with Crippen molar-refractivity contribution in [2.45, 2.75) is 37.8 Å². The summed E-state index contributed by atoms with van der Waals surface area (Å²) in [4.78, 5) is 29.0. The van der Waals surface area contributed by atoms with Crippen molar-refractivity contribution in [2.75, 3.05) is 36.8 Å². The van der Waals surface area contributed by atoms with Crippen LogP contribution in [0.4, 0.5) is 11.4 Å². The van der Waals surface area contributed by atoms with Gasteiger partial charge in [0.1, 0.15) is 0 Å². The van der Waals surface area contributed by atoms with Gasteiger partial charge in [0.2, 0.25) is 0 Å². The lowest BCUT2D eigenvalue weighted by Gasteiger charge is -2.36. The number of para-hydroxylation sites is 2. The molecular weight excluding hydrogens is 447 g/mol. The van der Waals surface area contributed by atoms with E-state index in [-0.39, 0.29) is 12.1 Å². The highest BCUT2D eigenvalue weighted by molar-refractivity contribution is 6.35. The molecule has 4 rings (SSSR count). The molecule has 0 radical (unpaired) electrons. The van der Waals surface area contributed by atoms with Crippen molar-refractivity contribution in [3.8, 4) is 0 Å². The fourth-order valence-electron chi connectivity index (χ4n) is 4.32. The number of hydrogen-bond donors (Lipinski definition) is 2. The van der Waals surface area contributed by atoms with Gasteiger partial charge in [0.25, 0.3) is 0 Å². The van der Waals surface area contributed by atoms with Crippen LogP contribution in [-0.2, 0) is 9.59 Å². The monoisotopic (exact) mass is 474 g/mol. The quantitative estimate of drug-likeness (QED) is 0.640. The lowest BCUT2D eigenvalue weighted by molar-refractivity contribution is -0.153. The van der Waals surface area contributed by atoms with Crippen molar-refractivity contribution in [1.29, 1.82) is 0 Å². The number of benzene rings is 2. The first-order chi connectivity index (χ1) is 15.5. The molecule has 2 aliphatic heterocycles. The van der Waals surface area contributed by atoms with Gasteiger partial charge in [0, 0.05) is 38.3 Å². The van der Waals surface area contributed by atoms with Gasteiger partial charge < -0.3 is 20.4 Å². The number of hydrogen-bond acceptors (Lipinski definition) is 4. The van der Waals surface area contributed by atoms with Gasteiger partial charge in [-0.15, -0.1) is 0 Å². The van der Waals surface area contributed by atoms with Crippen molar-refractivity contribution in [3.63, 3.8) is 0 Å². The molecule has 0 bridgehead atoms. The predicted octanol–water partition coefficient (Wildman–Crippen LogP) is 4.50. The van der Waals surface area contributed by atoms with Crippen LogP contribution >= 0.6 is 23.2 Å². The first-order valence-electron chi connectivity index (χ1n) is 11.1. The van der Waals surface area contributed by atoms with E-state index in [0.29, 0.717) is 36.2 Å². The van der Waals surface area contributed by atoms with Gasteiger partial charge in [0.15, 0.2) is 0 Å². The molecule has 0 aromatic heterocycles. The van der Waals surface area contributed by atoms with E-state index in [1.807, 2.05) is 48.5 Å². The van der Waals surface area contributed by atoms with Gasteiger partial charge in [-0.1, -0.05) is 47.5 Å². The summed E-state index contributed by atoms with van der Waals surface area (Å²) < 4.78 is 0. The second-order valence-corrected chi connectivity index (χ2v) is 9.20. The fraction of sp³-hybridized carbons (Fsp3) is 0.417. The molecule has 2 fully saturated rings. The Morgan fingerprint density at radius 3 is 1.34 bits per heavy atom. The molecule has 32 heavy (non-hydrogen) atoms. The zero-order valence-electron chi connectivity index (χ0n) is 17.9. The third-order valence-electron chi connectivity index (χ3n) is 6.21. The molecule has 0 aliphatic carbocycles. The standard InChI is InChI=1S/C24H28Cl2N4O2/c25-19-5-1-3-7-21(19)27-17-9-13-29(14-10-17)23(31)24(32)30-15-11-18(12-16-30)28-22-8-4-2-6-20(22)26/h1-8,17-18,27-28H,9-16H2. The molecule has 2 saturated heterocycles. The third kappa shape index (κ3) is 5.48. The van der Waals surface area contributed by atoms with E-state index in [2.05, 4.69) is 10.6 Å². The number of carbonyl (C=O) groups excluding carboxylic acids is 2. The Bertz CT molecular complexity index is 877. The summed E-state index contributed by atoms with van der Waals surface area (Å²) in [6, 6.07) is 15.8. The average molecular weight is 475 g/mol. The van der Waals surface area contributed by atoms with Crippen molar-refractivity contribution in [3.05, 3.63) is 58.6 Å². The van der Waals surface area contributed by atoms with E-state index in [1.54, 1.807) is 9.80 Å². The summed E-state index contributed by atoms with van der Waals surface area (Å²) in [6.45, 7) is 2.27. The largest absolute Gasteiger partial charge is 0.381 e. The Labute approximate surface area is 198 Å². The molecule has 0 unspecified atom stereocenters. The SMILES string of the molecule is O=C(C(=O)N1CCC(Nc2ccccc2Cl)CC1)N1CCC(Nc2ccccc2Cl)CC1. The second kappa shape index (κ2) is 10.5. The summed E-state index contributed by atoms with van der Waals surface area (Å²) in [6.07, 6.45) is 3.14. The molecule has 2 heterocycles. The number of halogens is 2. The highest BCUT2D eigenvalue weighted by Gasteiger charge is 2.32. The van der Waals surface area contributed by atoms with Crippen LogP contribution in [0, 0.1) is 0 Å². The number of likely N-dealkylation sites (tertiary alicyclic amines) is 2. The number of nitrogens with zero attached hydrogens (tertiary/aromatic N) is 2. The van der Waals surface area contributed by atoms with Gasteiger partial charge in [-0.05, 0) is 49.9 Å². The smallest absolute Gasteiger partial charge is 0.312 e. The van der Waals surface area contributed by atoms with E-state index >= 15 is 0 Å². The van der Waals surface area contributed by atoms with Crippen molar-refractivity contribution >= 4 is 46.4 Å². The minimum absolute atomic E-state index is 0.237. The minimum atomic E-state index is -0.390. The highest BCUT2D eigenvalue weighted by atomic mass is 35.5. The van der Waals surface area contributed by atoms with E-state index in [0.717, 1.165) is 37.1 Å². The second-order valence-electron chi connectivity index (χ2n) is 8.38. The lowest BCUT2D eigenvalue weighted by atomic mass is 10.0. The summed E-state index contributed by atoms with van der Waals surface area (Å²) in [7, 11) is 0. The predicted molar refractivity (Wildman–Crippen MR) is 129 cm³/mol. The molecule has 2 aromatic carbocycles. The maximum Gasteiger partial charge on any atom is 0.312 e. The van der Waals surface area contributed by atoms with Crippen LogP contribution in [0.5, 0.6) is 0 Å². The number of piperidine rings is 2. The van der Waals surface area contributed by atoms with Crippen LogP contribution in [0.15, 0.2) is 48.5 Å². The number of rotatable bonds is 4. The first kappa shape index (κ1) is 22.7. The molecule has 2 aromatic rings. The molecule has 2 aliphatic rings. The van der Waals surface area contributed by atoms with E-state index in [9.17, 15) is 9.59 Å². The Morgan fingerprint density at radius 1 is 0.656 bits per heavy atom. The van der Waals surface area contributed by atoms with Gasteiger partial charge in [-0.2, -0.15) is 0 Å². The molecule has 8 heteroatoms. The molecule has 0 saturated carbocycles. The normalized spacial score (nSPS) is 17.8. The lowest BCUT2D eigenvalue weighted by Crippen LogP contribution is -2.52. The summed E-state index contributed by atoms with van der Waals surface area (Å²) in [5.74, 6) is -0.780. The molecule has 2 amide bonds. The van der Waals surface area contributed by atoms with Crippen molar-refractivity contribution < 1.29 is 9.59 Å². The van der Waals surface area contributed by atoms with Crippen LogP contribution in [0.1, 0.15) is 25.7 Å². The number of anilines is 2. The summed E-state index contributed by atoms with van der Waals surface area (Å²) >= 11 is 12.5. The summed E-state index contributed by atoms with van der Waals surface area (Å²) in [5.41, 5.74) is 1.81. The zero-order valence-corrected chi connectivity index (χ0v) is 19.4. The van der Waals surface area contributed by atoms with Crippen LogP contribution in [0.25, 0.3) is 0 Å². The van der Waals surface area contributed by atoms with Crippen LogP contribution in [-0.4, -0.2) is 59.9 Å². The van der Waals surface area contributed by atoms with Gasteiger partial charge >= 0.3 is 11.8 Å². The van der Waals surface area contributed by atoms with Crippen LogP contribution in [0.2, 0.25) is 10.0 Å². The number of amides is 2. The summed E-state index contributed by atoms with van der Waals surface area (Å²) in [5, 5.41) is 8.27. The average Bonchev–Trinajstić information content (AvgIpc) is 2.82. The first-order valence-corrected chi connectivity index (χ1v) is 11.9. The third-order valence-corrected chi connectivity index (χ3v) is 6.87. The Morgan fingerprint density at radius 2 is 1.00 bits per heavy atom. The molecule has 0 atom stereocenters.